The van der Waals surface area contributed by atoms with Gasteiger partial charge in [0.2, 0.25) is 0 Å². The molecule has 0 bridgehead atoms. The van der Waals surface area contributed by atoms with Crippen LogP contribution in [0.2, 0.25) is 0 Å². The topological polar surface area (TPSA) is 39.1 Å². The highest BCUT2D eigenvalue weighted by Gasteiger charge is 2.01. The van der Waals surface area contributed by atoms with E-state index in [9.17, 15) is 0 Å². The molecule has 0 fully saturated rings. The predicted octanol–water partition coefficient (Wildman–Crippen LogP) is 3.30. The summed E-state index contributed by atoms with van der Waals surface area (Å²) in [5, 5.41) is 7.64. The van der Waals surface area contributed by atoms with Crippen LogP contribution in [0.5, 0.6) is 5.75 Å². The number of aryl methyl sites for hydroxylation is 1. The van der Waals surface area contributed by atoms with E-state index in [2.05, 4.69) is 17.3 Å². The zero-order valence-corrected chi connectivity index (χ0v) is 11.8. The fourth-order valence-corrected chi connectivity index (χ4v) is 1.91. The first-order valence-corrected chi connectivity index (χ1v) is 6.70. The highest BCUT2D eigenvalue weighted by molar-refractivity contribution is 5.46. The van der Waals surface area contributed by atoms with Crippen LogP contribution >= 0.6 is 0 Å². The first-order chi connectivity index (χ1) is 9.19. The summed E-state index contributed by atoms with van der Waals surface area (Å²) in [5.74, 6) is 0.902. The lowest BCUT2D eigenvalue weighted by Gasteiger charge is -2.11. The van der Waals surface area contributed by atoms with E-state index in [-0.39, 0.29) is 6.10 Å². The molecule has 4 heteroatoms. The van der Waals surface area contributed by atoms with Gasteiger partial charge in [0.05, 0.1) is 18.3 Å². The van der Waals surface area contributed by atoms with Gasteiger partial charge in [-0.05, 0) is 51.1 Å². The van der Waals surface area contributed by atoms with Crippen molar-refractivity contribution in [3.8, 4) is 5.75 Å². The number of rotatable bonds is 6. The van der Waals surface area contributed by atoms with E-state index in [0.29, 0.717) is 0 Å². The van der Waals surface area contributed by atoms with E-state index in [4.69, 9.17) is 4.74 Å². The molecule has 2 aromatic rings. The molecule has 19 heavy (non-hydrogen) atoms. The van der Waals surface area contributed by atoms with Crippen LogP contribution in [-0.2, 0) is 13.1 Å². The number of aromatic nitrogens is 2. The lowest BCUT2D eigenvalue weighted by molar-refractivity contribution is 0.242. The summed E-state index contributed by atoms with van der Waals surface area (Å²) < 4.78 is 7.60. The molecule has 0 aliphatic rings. The number of nitrogens with zero attached hydrogens (tertiary/aromatic N) is 2. The lowest BCUT2D eigenvalue weighted by atomic mass is 10.3. The van der Waals surface area contributed by atoms with E-state index in [0.717, 1.165) is 24.5 Å². The molecular formula is C15H21N3O. The van der Waals surface area contributed by atoms with Crippen molar-refractivity contribution in [3.05, 3.63) is 42.2 Å². The molecule has 0 radical (unpaired) electrons. The van der Waals surface area contributed by atoms with Gasteiger partial charge in [-0.2, -0.15) is 5.10 Å². The summed E-state index contributed by atoms with van der Waals surface area (Å²) in [6.07, 6.45) is 2.04. The number of nitrogens with one attached hydrogen (secondary N) is 1. The molecule has 4 nitrogen and oxygen atoms in total. The Balaban J connectivity index is 1.93. The number of benzene rings is 1. The molecule has 102 valence electrons. The molecule has 1 heterocycles. The second kappa shape index (κ2) is 6.27. The van der Waals surface area contributed by atoms with Crippen molar-refractivity contribution in [1.82, 2.24) is 9.78 Å². The Labute approximate surface area is 114 Å². The number of ether oxygens (including phenoxy) is 1. The smallest absolute Gasteiger partial charge is 0.119 e. The van der Waals surface area contributed by atoms with Crippen molar-refractivity contribution in [1.29, 1.82) is 0 Å². The summed E-state index contributed by atoms with van der Waals surface area (Å²) >= 11 is 0. The summed E-state index contributed by atoms with van der Waals surface area (Å²) in [6, 6.07) is 10.1. The molecule has 0 unspecified atom stereocenters. The van der Waals surface area contributed by atoms with Crippen LogP contribution < -0.4 is 10.1 Å². The SMILES string of the molecule is CCn1nccc1CNc1ccc(OC(C)C)cc1. The van der Waals surface area contributed by atoms with Crippen molar-refractivity contribution in [2.45, 2.75) is 40.0 Å². The number of anilines is 1. The highest BCUT2D eigenvalue weighted by Crippen LogP contribution is 2.17. The van der Waals surface area contributed by atoms with E-state index >= 15 is 0 Å². The minimum Gasteiger partial charge on any atom is -0.491 e. The molecular weight excluding hydrogens is 238 g/mol. The van der Waals surface area contributed by atoms with Crippen LogP contribution in [0.3, 0.4) is 0 Å². The summed E-state index contributed by atoms with van der Waals surface area (Å²) in [4.78, 5) is 0. The molecule has 1 N–H and O–H groups in total. The maximum atomic E-state index is 5.61. The Kier molecular flexibility index (Phi) is 4.44. The number of hydrogen-bond donors (Lipinski definition) is 1. The van der Waals surface area contributed by atoms with Gasteiger partial charge in [0, 0.05) is 18.4 Å². The molecule has 0 atom stereocenters. The van der Waals surface area contributed by atoms with Crippen LogP contribution in [0.15, 0.2) is 36.5 Å². The lowest BCUT2D eigenvalue weighted by Crippen LogP contribution is -2.08. The summed E-state index contributed by atoms with van der Waals surface area (Å²) in [7, 11) is 0. The minimum atomic E-state index is 0.206. The predicted molar refractivity (Wildman–Crippen MR) is 77.4 cm³/mol. The van der Waals surface area contributed by atoms with Gasteiger partial charge in [-0.1, -0.05) is 0 Å². The van der Waals surface area contributed by atoms with E-state index in [1.807, 2.05) is 55.1 Å². The normalized spacial score (nSPS) is 10.7. The van der Waals surface area contributed by atoms with Gasteiger partial charge >= 0.3 is 0 Å². The van der Waals surface area contributed by atoms with Crippen molar-refractivity contribution in [3.63, 3.8) is 0 Å². The van der Waals surface area contributed by atoms with Gasteiger partial charge in [0.1, 0.15) is 5.75 Å². The van der Waals surface area contributed by atoms with Crippen molar-refractivity contribution in [2.75, 3.05) is 5.32 Å². The Morgan fingerprint density at radius 3 is 2.58 bits per heavy atom. The molecule has 0 spiro atoms. The second-order valence-corrected chi connectivity index (χ2v) is 4.68. The largest absolute Gasteiger partial charge is 0.491 e. The minimum absolute atomic E-state index is 0.206. The average Bonchev–Trinajstić information content (AvgIpc) is 2.84. The van der Waals surface area contributed by atoms with Gasteiger partial charge in [-0.15, -0.1) is 0 Å². The third-order valence-electron chi connectivity index (χ3n) is 2.80. The molecule has 0 aliphatic carbocycles. The number of hydrogen-bond acceptors (Lipinski definition) is 3. The van der Waals surface area contributed by atoms with Crippen LogP contribution in [0.25, 0.3) is 0 Å². The monoisotopic (exact) mass is 259 g/mol. The molecule has 1 aromatic heterocycles. The maximum absolute atomic E-state index is 5.61. The summed E-state index contributed by atoms with van der Waals surface area (Å²) in [5.41, 5.74) is 2.27. The Morgan fingerprint density at radius 1 is 1.21 bits per heavy atom. The zero-order valence-electron chi connectivity index (χ0n) is 11.8. The van der Waals surface area contributed by atoms with Gasteiger partial charge in [0.25, 0.3) is 0 Å². The molecule has 0 aliphatic heterocycles. The van der Waals surface area contributed by atoms with Crippen LogP contribution in [-0.4, -0.2) is 15.9 Å². The highest BCUT2D eigenvalue weighted by atomic mass is 16.5. The zero-order chi connectivity index (χ0) is 13.7. The Hall–Kier alpha value is -1.97. The van der Waals surface area contributed by atoms with E-state index in [1.165, 1.54) is 5.69 Å². The quantitative estimate of drug-likeness (QED) is 0.865. The van der Waals surface area contributed by atoms with Gasteiger partial charge in [-0.3, -0.25) is 4.68 Å². The van der Waals surface area contributed by atoms with Crippen molar-refractivity contribution in [2.24, 2.45) is 0 Å². The second-order valence-electron chi connectivity index (χ2n) is 4.68. The average molecular weight is 259 g/mol. The van der Waals surface area contributed by atoms with Gasteiger partial charge in [-0.25, -0.2) is 0 Å². The van der Waals surface area contributed by atoms with Crippen LogP contribution in [0.1, 0.15) is 26.5 Å². The van der Waals surface area contributed by atoms with Crippen molar-refractivity contribution < 1.29 is 4.74 Å². The van der Waals surface area contributed by atoms with Gasteiger partial charge in [0.15, 0.2) is 0 Å². The van der Waals surface area contributed by atoms with Crippen LogP contribution in [0, 0.1) is 0 Å². The molecule has 0 amide bonds. The Bertz CT molecular complexity index is 502. The maximum Gasteiger partial charge on any atom is 0.119 e. The third-order valence-corrected chi connectivity index (χ3v) is 2.80. The molecule has 1 aromatic carbocycles. The van der Waals surface area contributed by atoms with Crippen molar-refractivity contribution >= 4 is 5.69 Å². The first kappa shape index (κ1) is 13.5. The first-order valence-electron chi connectivity index (χ1n) is 6.70. The standard InChI is InChI=1S/C15H21N3O/c1-4-18-14(9-10-17-18)11-16-13-5-7-15(8-6-13)19-12(2)3/h5-10,12,16H,4,11H2,1-3H3. The van der Waals surface area contributed by atoms with E-state index < -0.39 is 0 Å². The van der Waals surface area contributed by atoms with Gasteiger partial charge < -0.3 is 10.1 Å². The fraction of sp³-hybridized carbons (Fsp3) is 0.400. The third kappa shape index (κ3) is 3.74. The van der Waals surface area contributed by atoms with E-state index in [1.54, 1.807) is 0 Å². The Morgan fingerprint density at radius 2 is 1.95 bits per heavy atom. The van der Waals surface area contributed by atoms with Crippen LogP contribution in [0.4, 0.5) is 5.69 Å². The molecule has 0 saturated heterocycles. The fourth-order valence-electron chi connectivity index (χ4n) is 1.91. The summed E-state index contributed by atoms with van der Waals surface area (Å²) in [6.45, 7) is 7.81. The molecule has 0 saturated carbocycles. The molecule has 2 rings (SSSR count).